The maximum absolute atomic E-state index is 11.8. The summed E-state index contributed by atoms with van der Waals surface area (Å²) in [5.74, 6) is -0.656. The van der Waals surface area contributed by atoms with Crippen molar-refractivity contribution < 1.29 is 17.9 Å². The Morgan fingerprint density at radius 1 is 1.33 bits per heavy atom. The molecule has 0 aliphatic carbocycles. The molecule has 6 heteroatoms. The number of nitrogens with two attached hydrogens (primary N) is 1. The number of hydrogen-bond donors (Lipinski definition) is 1. The van der Waals surface area contributed by atoms with Gasteiger partial charge in [0.05, 0.1) is 17.1 Å². The van der Waals surface area contributed by atoms with Gasteiger partial charge in [0.15, 0.2) is 0 Å². The maximum Gasteiger partial charge on any atom is 0.339 e. The molecule has 0 radical (unpaired) electrons. The van der Waals surface area contributed by atoms with Crippen molar-refractivity contribution >= 4 is 16.0 Å². The minimum absolute atomic E-state index is 0.00491. The van der Waals surface area contributed by atoms with Crippen molar-refractivity contribution in [2.75, 3.05) is 6.61 Å². The smallest absolute Gasteiger partial charge is 0.339 e. The molecule has 0 fully saturated rings. The summed E-state index contributed by atoms with van der Waals surface area (Å²) in [5, 5.41) is 5.16. The predicted molar refractivity (Wildman–Crippen MR) is 67.8 cm³/mol. The van der Waals surface area contributed by atoms with Gasteiger partial charge < -0.3 is 4.74 Å². The first-order valence-electron chi connectivity index (χ1n) is 5.73. The van der Waals surface area contributed by atoms with Gasteiger partial charge in [-0.25, -0.2) is 18.4 Å². The molecule has 1 aromatic carbocycles. The van der Waals surface area contributed by atoms with Gasteiger partial charge in [-0.3, -0.25) is 0 Å². The third kappa shape index (κ3) is 3.30. The molecule has 0 atom stereocenters. The third-order valence-electron chi connectivity index (χ3n) is 2.42. The highest BCUT2D eigenvalue weighted by atomic mass is 32.2. The summed E-state index contributed by atoms with van der Waals surface area (Å²) in [6.07, 6.45) is 1.14. The monoisotopic (exact) mass is 271 g/mol. The van der Waals surface area contributed by atoms with Gasteiger partial charge in [0.25, 0.3) is 0 Å². The summed E-state index contributed by atoms with van der Waals surface area (Å²) in [6, 6.07) is 4.67. The summed E-state index contributed by atoms with van der Waals surface area (Å²) in [7, 11) is -3.95. The Hall–Kier alpha value is -1.40. The summed E-state index contributed by atoms with van der Waals surface area (Å²) >= 11 is 0. The Labute approximate surface area is 107 Å². The molecule has 0 aliphatic rings. The number of benzene rings is 1. The molecule has 0 heterocycles. The topological polar surface area (TPSA) is 86.5 Å². The molecule has 2 N–H and O–H groups in total. The average molecular weight is 271 g/mol. The van der Waals surface area contributed by atoms with E-state index in [1.165, 1.54) is 6.07 Å². The normalized spacial score (nSPS) is 11.3. The van der Waals surface area contributed by atoms with E-state index in [0.29, 0.717) is 18.4 Å². The summed E-state index contributed by atoms with van der Waals surface area (Å²) in [6.45, 7) is 3.90. The lowest BCUT2D eigenvalue weighted by molar-refractivity contribution is 0.0500. The number of esters is 1. The van der Waals surface area contributed by atoms with Crippen molar-refractivity contribution in [3.8, 4) is 0 Å². The van der Waals surface area contributed by atoms with Crippen LogP contribution in [0, 0.1) is 0 Å². The number of sulfonamides is 1. The van der Waals surface area contributed by atoms with Crippen LogP contribution in [0.5, 0.6) is 0 Å². The first-order valence-corrected chi connectivity index (χ1v) is 7.28. The molecular formula is C12H17NO4S. The number of hydrogen-bond acceptors (Lipinski definition) is 4. The fraction of sp³-hybridized carbons (Fsp3) is 0.417. The van der Waals surface area contributed by atoms with Crippen molar-refractivity contribution in [3.63, 3.8) is 0 Å². The summed E-state index contributed by atoms with van der Waals surface area (Å²) in [4.78, 5) is 11.7. The predicted octanol–water partition coefficient (Wildman–Crippen LogP) is 1.46. The molecule has 1 aromatic rings. The fourth-order valence-corrected chi connectivity index (χ4v) is 2.67. The van der Waals surface area contributed by atoms with Crippen LogP contribution in [0.2, 0.25) is 0 Å². The lowest BCUT2D eigenvalue weighted by Gasteiger charge is -2.11. The fourth-order valence-electron chi connectivity index (χ4n) is 1.63. The quantitative estimate of drug-likeness (QED) is 0.821. The van der Waals surface area contributed by atoms with Crippen LogP contribution in [-0.4, -0.2) is 21.0 Å². The van der Waals surface area contributed by atoms with Crippen LogP contribution >= 0.6 is 0 Å². The van der Waals surface area contributed by atoms with Gasteiger partial charge in [0, 0.05) is 0 Å². The van der Waals surface area contributed by atoms with E-state index in [-0.39, 0.29) is 17.1 Å². The highest BCUT2D eigenvalue weighted by Crippen LogP contribution is 2.21. The Kier molecular flexibility index (Phi) is 4.86. The highest BCUT2D eigenvalue weighted by molar-refractivity contribution is 7.89. The zero-order valence-corrected chi connectivity index (χ0v) is 11.3. The number of rotatable bonds is 5. The highest BCUT2D eigenvalue weighted by Gasteiger charge is 2.23. The first kappa shape index (κ1) is 14.7. The third-order valence-corrected chi connectivity index (χ3v) is 3.47. The van der Waals surface area contributed by atoms with E-state index in [9.17, 15) is 13.2 Å². The van der Waals surface area contributed by atoms with E-state index >= 15 is 0 Å². The minimum atomic E-state index is -3.95. The van der Waals surface area contributed by atoms with Crippen LogP contribution in [0.15, 0.2) is 23.1 Å². The Balaban J connectivity index is 3.32. The first-order chi connectivity index (χ1) is 8.41. The zero-order valence-electron chi connectivity index (χ0n) is 10.5. The zero-order chi connectivity index (χ0) is 13.8. The molecule has 0 amide bonds. The van der Waals surface area contributed by atoms with Crippen LogP contribution in [0.1, 0.15) is 36.2 Å². The molecule has 1 rings (SSSR count). The second-order valence-electron chi connectivity index (χ2n) is 3.83. The largest absolute Gasteiger partial charge is 0.462 e. The Bertz CT molecular complexity index is 537. The van der Waals surface area contributed by atoms with Gasteiger partial charge in [0.1, 0.15) is 0 Å². The van der Waals surface area contributed by atoms with Crippen LogP contribution in [0.3, 0.4) is 0 Å². The second kappa shape index (κ2) is 5.97. The number of carbonyl (C=O) groups is 1. The minimum Gasteiger partial charge on any atom is -0.462 e. The molecular weight excluding hydrogens is 254 g/mol. The number of carbonyl (C=O) groups excluding carboxylic acids is 1. The van der Waals surface area contributed by atoms with Crippen LogP contribution in [0.4, 0.5) is 0 Å². The van der Waals surface area contributed by atoms with E-state index in [0.717, 1.165) is 0 Å². The van der Waals surface area contributed by atoms with Crippen molar-refractivity contribution in [2.45, 2.75) is 31.6 Å². The molecule has 0 unspecified atom stereocenters. The van der Waals surface area contributed by atoms with Crippen LogP contribution < -0.4 is 5.14 Å². The Morgan fingerprint density at radius 3 is 2.50 bits per heavy atom. The molecule has 100 valence electrons. The molecule has 0 aromatic heterocycles. The van der Waals surface area contributed by atoms with Gasteiger partial charge in [-0.05, 0) is 24.5 Å². The van der Waals surface area contributed by atoms with Crippen LogP contribution in [0.25, 0.3) is 0 Å². The molecule has 0 spiro atoms. The van der Waals surface area contributed by atoms with Crippen molar-refractivity contribution in [1.29, 1.82) is 0 Å². The second-order valence-corrected chi connectivity index (χ2v) is 5.33. The van der Waals surface area contributed by atoms with Crippen molar-refractivity contribution in [1.82, 2.24) is 0 Å². The lowest BCUT2D eigenvalue weighted by atomic mass is 10.1. The molecule has 0 saturated heterocycles. The molecule has 0 bridgehead atoms. The van der Waals surface area contributed by atoms with Gasteiger partial charge in [-0.2, -0.15) is 0 Å². The summed E-state index contributed by atoms with van der Waals surface area (Å²) in [5.41, 5.74) is 0.522. The maximum atomic E-state index is 11.8. The van der Waals surface area contributed by atoms with Gasteiger partial charge in [-0.15, -0.1) is 0 Å². The molecule has 18 heavy (non-hydrogen) atoms. The average Bonchev–Trinajstić information content (AvgIpc) is 2.33. The molecule has 0 aliphatic heterocycles. The SMILES string of the molecule is CCCOC(=O)c1cccc(CC)c1S(N)(=O)=O. The van der Waals surface area contributed by atoms with E-state index in [2.05, 4.69) is 0 Å². The van der Waals surface area contributed by atoms with E-state index in [1.807, 2.05) is 6.92 Å². The van der Waals surface area contributed by atoms with E-state index in [1.54, 1.807) is 19.1 Å². The standard InChI is InChI=1S/C12H17NO4S/c1-3-8-17-12(14)10-7-5-6-9(4-2)11(10)18(13,15)16/h5-7H,3-4,8H2,1-2H3,(H2,13,15,16). The van der Waals surface area contributed by atoms with E-state index in [4.69, 9.17) is 9.88 Å². The number of ether oxygens (including phenoxy) is 1. The van der Waals surface area contributed by atoms with E-state index < -0.39 is 16.0 Å². The van der Waals surface area contributed by atoms with Crippen LogP contribution in [-0.2, 0) is 21.2 Å². The number of primary sulfonamides is 1. The molecule has 5 nitrogen and oxygen atoms in total. The van der Waals surface area contributed by atoms with Gasteiger partial charge in [-0.1, -0.05) is 26.0 Å². The van der Waals surface area contributed by atoms with Crippen molar-refractivity contribution in [3.05, 3.63) is 29.3 Å². The number of aryl methyl sites for hydroxylation is 1. The van der Waals surface area contributed by atoms with Crippen molar-refractivity contribution in [2.24, 2.45) is 5.14 Å². The Morgan fingerprint density at radius 2 is 2.00 bits per heavy atom. The molecule has 0 saturated carbocycles. The lowest BCUT2D eigenvalue weighted by Crippen LogP contribution is -2.20. The van der Waals surface area contributed by atoms with Gasteiger partial charge in [0.2, 0.25) is 10.0 Å². The summed E-state index contributed by atoms with van der Waals surface area (Å²) < 4.78 is 28.1. The van der Waals surface area contributed by atoms with Gasteiger partial charge >= 0.3 is 5.97 Å².